The first kappa shape index (κ1) is 12.1. The molecule has 6 heteroatoms. The van der Waals surface area contributed by atoms with Gasteiger partial charge < -0.3 is 11.5 Å². The van der Waals surface area contributed by atoms with Gasteiger partial charge in [-0.1, -0.05) is 29.9 Å². The Morgan fingerprint density at radius 2 is 1.88 bits per heavy atom. The second-order valence-electron chi connectivity index (χ2n) is 3.17. The zero-order valence-electron chi connectivity index (χ0n) is 8.73. The molecule has 5 N–H and O–H groups in total. The fourth-order valence-electron chi connectivity index (χ4n) is 0.980. The summed E-state index contributed by atoms with van der Waals surface area (Å²) < 4.78 is 0. The highest BCUT2D eigenvalue weighted by Crippen LogP contribution is 2.08. The highest BCUT2D eigenvalue weighted by Gasteiger charge is 2.09. The summed E-state index contributed by atoms with van der Waals surface area (Å²) in [5, 5.41) is 3.75. The van der Waals surface area contributed by atoms with Crippen molar-refractivity contribution in [1.29, 1.82) is 0 Å². The van der Waals surface area contributed by atoms with Gasteiger partial charge in [-0.2, -0.15) is 5.10 Å². The Labute approximate surface area is 98.5 Å². The van der Waals surface area contributed by atoms with Crippen LogP contribution in [0.15, 0.2) is 29.4 Å². The maximum Gasteiger partial charge on any atom is 0.272 e. The van der Waals surface area contributed by atoms with Crippen LogP contribution < -0.4 is 16.9 Å². The van der Waals surface area contributed by atoms with Gasteiger partial charge in [0.2, 0.25) is 0 Å². The van der Waals surface area contributed by atoms with Crippen molar-refractivity contribution in [2.45, 2.75) is 6.92 Å². The number of anilines is 1. The number of aryl methyl sites for hydroxylation is 1. The summed E-state index contributed by atoms with van der Waals surface area (Å²) in [5.41, 5.74) is 14.7. The van der Waals surface area contributed by atoms with Gasteiger partial charge in [-0.3, -0.25) is 10.2 Å². The molecule has 1 aromatic carbocycles. The number of carbonyl (C=O) groups excluding carboxylic acids is 1. The lowest BCUT2D eigenvalue weighted by atomic mass is 10.2. The number of nitrogens with zero attached hydrogens (tertiary/aromatic N) is 1. The van der Waals surface area contributed by atoms with Crippen molar-refractivity contribution in [2.24, 2.45) is 16.6 Å². The van der Waals surface area contributed by atoms with E-state index in [0.29, 0.717) is 0 Å². The van der Waals surface area contributed by atoms with Crippen molar-refractivity contribution in [3.63, 3.8) is 0 Å². The molecule has 0 heterocycles. The number of primary amides is 1. The molecule has 0 atom stereocenters. The predicted molar refractivity (Wildman–Crippen MR) is 68.2 cm³/mol. The highest BCUT2D eigenvalue weighted by molar-refractivity contribution is 7.82. The van der Waals surface area contributed by atoms with Crippen LogP contribution in [0.1, 0.15) is 5.56 Å². The van der Waals surface area contributed by atoms with Crippen LogP contribution in [0.5, 0.6) is 0 Å². The predicted octanol–water partition coefficient (Wildman–Crippen LogP) is 0.534. The average molecular weight is 236 g/mol. The largest absolute Gasteiger partial charge is 0.388 e. The number of nitrogens with two attached hydrogens (primary N) is 2. The number of benzene rings is 1. The second kappa shape index (κ2) is 5.22. The Bertz CT molecular complexity index is 423. The minimum absolute atomic E-state index is 0.132. The van der Waals surface area contributed by atoms with E-state index >= 15 is 0 Å². The first-order valence-electron chi connectivity index (χ1n) is 4.50. The van der Waals surface area contributed by atoms with Gasteiger partial charge in [0.05, 0.1) is 5.69 Å². The smallest absolute Gasteiger partial charge is 0.272 e. The Kier molecular flexibility index (Phi) is 3.96. The maximum atomic E-state index is 10.9. The van der Waals surface area contributed by atoms with Crippen LogP contribution in [0.25, 0.3) is 0 Å². The number of carbonyl (C=O) groups is 1. The molecular formula is C10H12N4OS. The molecular weight excluding hydrogens is 224 g/mol. The van der Waals surface area contributed by atoms with Gasteiger partial charge in [0.1, 0.15) is 4.99 Å². The Hall–Kier alpha value is -1.95. The van der Waals surface area contributed by atoms with Gasteiger partial charge in [0, 0.05) is 0 Å². The summed E-state index contributed by atoms with van der Waals surface area (Å²) in [7, 11) is 0. The molecule has 0 unspecified atom stereocenters. The van der Waals surface area contributed by atoms with Crippen molar-refractivity contribution >= 4 is 34.5 Å². The molecule has 0 spiro atoms. The molecule has 1 rings (SSSR count). The third-order valence-corrected chi connectivity index (χ3v) is 2.01. The minimum atomic E-state index is -0.757. The molecule has 0 saturated carbocycles. The van der Waals surface area contributed by atoms with E-state index in [4.69, 9.17) is 11.5 Å². The molecule has 84 valence electrons. The zero-order valence-corrected chi connectivity index (χ0v) is 9.54. The summed E-state index contributed by atoms with van der Waals surface area (Å²) in [4.78, 5) is 10.8. The number of hydrogen-bond donors (Lipinski definition) is 3. The van der Waals surface area contributed by atoms with Gasteiger partial charge in [0.15, 0.2) is 5.71 Å². The quantitative estimate of drug-likeness (QED) is 0.404. The molecule has 0 fully saturated rings. The van der Waals surface area contributed by atoms with Crippen LogP contribution in [0.2, 0.25) is 0 Å². The van der Waals surface area contributed by atoms with Gasteiger partial charge in [-0.05, 0) is 19.1 Å². The topological polar surface area (TPSA) is 93.5 Å². The number of hydrogen-bond acceptors (Lipinski definition) is 4. The lowest BCUT2D eigenvalue weighted by molar-refractivity contribution is -0.111. The zero-order chi connectivity index (χ0) is 12.1. The van der Waals surface area contributed by atoms with Crippen molar-refractivity contribution in [2.75, 3.05) is 5.43 Å². The van der Waals surface area contributed by atoms with E-state index in [1.807, 2.05) is 31.2 Å². The SMILES string of the molecule is Cc1ccc(N/N=C(/C(N)=O)C(N)=S)cc1. The van der Waals surface area contributed by atoms with E-state index in [2.05, 4.69) is 22.7 Å². The molecule has 0 bridgehead atoms. The number of hydrazone groups is 1. The van der Waals surface area contributed by atoms with E-state index in [1.165, 1.54) is 0 Å². The molecule has 1 aromatic rings. The van der Waals surface area contributed by atoms with Crippen LogP contribution >= 0.6 is 12.2 Å². The first-order chi connectivity index (χ1) is 7.50. The monoisotopic (exact) mass is 236 g/mol. The van der Waals surface area contributed by atoms with Crippen LogP contribution in [0, 0.1) is 6.92 Å². The van der Waals surface area contributed by atoms with Crippen molar-refractivity contribution in [3.8, 4) is 0 Å². The van der Waals surface area contributed by atoms with Gasteiger partial charge in [0.25, 0.3) is 5.91 Å². The Morgan fingerprint density at radius 1 is 1.31 bits per heavy atom. The summed E-state index contributed by atoms with van der Waals surface area (Å²) in [6.07, 6.45) is 0. The molecule has 16 heavy (non-hydrogen) atoms. The van der Waals surface area contributed by atoms with Crippen LogP contribution in [-0.2, 0) is 4.79 Å². The van der Waals surface area contributed by atoms with E-state index in [1.54, 1.807) is 0 Å². The number of nitrogens with one attached hydrogen (secondary N) is 1. The summed E-state index contributed by atoms with van der Waals surface area (Å²) in [6.45, 7) is 1.97. The Morgan fingerprint density at radius 3 is 2.31 bits per heavy atom. The van der Waals surface area contributed by atoms with Gasteiger partial charge >= 0.3 is 0 Å². The van der Waals surface area contributed by atoms with Crippen LogP contribution in [0.3, 0.4) is 0 Å². The fraction of sp³-hybridized carbons (Fsp3) is 0.100. The lowest BCUT2D eigenvalue weighted by Gasteiger charge is -2.03. The average Bonchev–Trinajstić information content (AvgIpc) is 2.20. The molecule has 1 amide bonds. The summed E-state index contributed by atoms with van der Waals surface area (Å²) in [5.74, 6) is -0.757. The molecule has 0 aliphatic heterocycles. The number of thiocarbonyl (C=S) groups is 1. The molecule has 0 radical (unpaired) electrons. The standard InChI is InChI=1S/C10H12N4OS/c1-6-2-4-7(5-3-6)13-14-8(9(11)15)10(12)16/h2-5,13H,1H3,(H2,11,15)(H2,12,16)/b14-8-. The molecule has 0 saturated heterocycles. The van der Waals surface area contributed by atoms with Crippen molar-refractivity contribution in [1.82, 2.24) is 0 Å². The minimum Gasteiger partial charge on any atom is -0.388 e. The third kappa shape index (κ3) is 3.32. The second-order valence-corrected chi connectivity index (χ2v) is 3.61. The van der Waals surface area contributed by atoms with E-state index in [0.717, 1.165) is 11.3 Å². The lowest BCUT2D eigenvalue weighted by Crippen LogP contribution is -2.35. The first-order valence-corrected chi connectivity index (χ1v) is 4.91. The molecule has 0 aliphatic rings. The van der Waals surface area contributed by atoms with Crippen molar-refractivity contribution in [3.05, 3.63) is 29.8 Å². The maximum absolute atomic E-state index is 10.9. The van der Waals surface area contributed by atoms with E-state index < -0.39 is 5.91 Å². The van der Waals surface area contributed by atoms with Crippen LogP contribution in [-0.4, -0.2) is 16.6 Å². The van der Waals surface area contributed by atoms with Gasteiger partial charge in [-0.25, -0.2) is 0 Å². The molecule has 0 aliphatic carbocycles. The molecule has 0 aromatic heterocycles. The fourth-order valence-corrected chi connectivity index (χ4v) is 1.13. The summed E-state index contributed by atoms with van der Waals surface area (Å²) >= 11 is 4.64. The van der Waals surface area contributed by atoms with Crippen LogP contribution in [0.4, 0.5) is 5.69 Å². The highest BCUT2D eigenvalue weighted by atomic mass is 32.1. The van der Waals surface area contributed by atoms with Crippen molar-refractivity contribution < 1.29 is 4.79 Å². The van der Waals surface area contributed by atoms with Gasteiger partial charge in [-0.15, -0.1) is 0 Å². The molecule has 5 nitrogen and oxygen atoms in total. The normalized spacial score (nSPS) is 10.9. The number of rotatable bonds is 4. The van der Waals surface area contributed by atoms with E-state index in [9.17, 15) is 4.79 Å². The Balaban J connectivity index is 2.81. The van der Waals surface area contributed by atoms with E-state index in [-0.39, 0.29) is 10.7 Å². The number of amides is 1. The third-order valence-electron chi connectivity index (χ3n) is 1.82. The summed E-state index contributed by atoms with van der Waals surface area (Å²) in [6, 6.07) is 7.44.